The van der Waals surface area contributed by atoms with E-state index in [2.05, 4.69) is 17.2 Å². The minimum absolute atomic E-state index is 0.164. The molecule has 1 aromatic carbocycles. The van der Waals surface area contributed by atoms with Gasteiger partial charge in [0.25, 0.3) is 0 Å². The van der Waals surface area contributed by atoms with E-state index in [1.165, 1.54) is 5.56 Å². The SMILES string of the molecule is Cc1cc(C)n([C@H](C)C(=O)N(Cc2ccccc2)C2CC2)n1. The summed E-state index contributed by atoms with van der Waals surface area (Å²) in [5.74, 6) is 0.164. The number of carbonyl (C=O) groups is 1. The second-order valence-corrected chi connectivity index (χ2v) is 6.23. The molecule has 0 radical (unpaired) electrons. The fraction of sp³-hybridized carbons (Fsp3) is 0.444. The number of rotatable bonds is 5. The Morgan fingerprint density at radius 2 is 2.00 bits per heavy atom. The van der Waals surface area contributed by atoms with Gasteiger partial charge in [0.05, 0.1) is 5.69 Å². The summed E-state index contributed by atoms with van der Waals surface area (Å²) in [4.78, 5) is 15.0. The predicted molar refractivity (Wildman–Crippen MR) is 86.4 cm³/mol. The second kappa shape index (κ2) is 5.95. The topological polar surface area (TPSA) is 38.1 Å². The highest BCUT2D eigenvalue weighted by atomic mass is 16.2. The molecular formula is C18H23N3O. The van der Waals surface area contributed by atoms with Gasteiger partial charge in [0.15, 0.2) is 0 Å². The average Bonchev–Trinajstić information content (AvgIpc) is 3.29. The Labute approximate surface area is 131 Å². The summed E-state index contributed by atoms with van der Waals surface area (Å²) in [6.45, 7) is 6.60. The fourth-order valence-electron chi connectivity index (χ4n) is 2.94. The smallest absolute Gasteiger partial charge is 0.247 e. The van der Waals surface area contributed by atoms with Gasteiger partial charge in [0.2, 0.25) is 5.91 Å². The molecule has 0 spiro atoms. The quantitative estimate of drug-likeness (QED) is 0.849. The highest BCUT2D eigenvalue weighted by Crippen LogP contribution is 2.30. The Bertz CT molecular complexity index is 658. The van der Waals surface area contributed by atoms with Crippen LogP contribution in [0.15, 0.2) is 36.4 Å². The van der Waals surface area contributed by atoms with Gasteiger partial charge in [0.1, 0.15) is 6.04 Å². The van der Waals surface area contributed by atoms with Crippen molar-refractivity contribution in [1.29, 1.82) is 0 Å². The van der Waals surface area contributed by atoms with Gasteiger partial charge in [-0.05, 0) is 45.2 Å². The summed E-state index contributed by atoms with van der Waals surface area (Å²) in [6, 6.07) is 12.4. The first-order chi connectivity index (χ1) is 10.6. The number of aromatic nitrogens is 2. The van der Waals surface area contributed by atoms with Crippen LogP contribution in [0.3, 0.4) is 0 Å². The molecule has 22 heavy (non-hydrogen) atoms. The first-order valence-electron chi connectivity index (χ1n) is 7.93. The van der Waals surface area contributed by atoms with Crippen LogP contribution in [0.1, 0.15) is 42.8 Å². The number of nitrogens with zero attached hydrogens (tertiary/aromatic N) is 3. The monoisotopic (exact) mass is 297 g/mol. The molecule has 2 aromatic rings. The molecule has 0 unspecified atom stereocenters. The molecule has 1 saturated carbocycles. The van der Waals surface area contributed by atoms with Crippen molar-refractivity contribution in [3.63, 3.8) is 0 Å². The van der Waals surface area contributed by atoms with E-state index in [-0.39, 0.29) is 11.9 Å². The molecule has 4 nitrogen and oxygen atoms in total. The van der Waals surface area contributed by atoms with E-state index < -0.39 is 0 Å². The zero-order chi connectivity index (χ0) is 15.7. The van der Waals surface area contributed by atoms with Crippen LogP contribution < -0.4 is 0 Å². The molecule has 1 fully saturated rings. The lowest BCUT2D eigenvalue weighted by Crippen LogP contribution is -2.38. The van der Waals surface area contributed by atoms with Crippen LogP contribution in [0.4, 0.5) is 0 Å². The first kappa shape index (κ1) is 14.8. The van der Waals surface area contributed by atoms with Gasteiger partial charge in [-0.3, -0.25) is 9.48 Å². The molecule has 1 atom stereocenters. The van der Waals surface area contributed by atoms with E-state index in [4.69, 9.17) is 0 Å². The van der Waals surface area contributed by atoms with E-state index in [0.717, 1.165) is 24.2 Å². The summed E-state index contributed by atoms with van der Waals surface area (Å²) in [5, 5.41) is 4.47. The number of carbonyl (C=O) groups excluding carboxylic acids is 1. The third-order valence-electron chi connectivity index (χ3n) is 4.24. The molecule has 1 aliphatic carbocycles. The lowest BCUT2D eigenvalue weighted by molar-refractivity contribution is -0.135. The van der Waals surface area contributed by atoms with Gasteiger partial charge in [-0.25, -0.2) is 0 Å². The van der Waals surface area contributed by atoms with E-state index in [1.54, 1.807) is 0 Å². The van der Waals surface area contributed by atoms with Gasteiger partial charge in [-0.15, -0.1) is 0 Å². The molecule has 0 aliphatic heterocycles. The number of amides is 1. The number of benzene rings is 1. The summed E-state index contributed by atoms with van der Waals surface area (Å²) in [5.41, 5.74) is 3.18. The van der Waals surface area contributed by atoms with Crippen LogP contribution in [0.2, 0.25) is 0 Å². The summed E-state index contributed by atoms with van der Waals surface area (Å²) >= 11 is 0. The molecule has 0 N–H and O–H groups in total. The minimum atomic E-state index is -0.252. The van der Waals surface area contributed by atoms with Gasteiger partial charge in [-0.1, -0.05) is 30.3 Å². The molecule has 1 aromatic heterocycles. The van der Waals surface area contributed by atoms with Crippen molar-refractivity contribution in [3.8, 4) is 0 Å². The summed E-state index contributed by atoms with van der Waals surface area (Å²) < 4.78 is 1.85. The van der Waals surface area contributed by atoms with E-state index >= 15 is 0 Å². The van der Waals surface area contributed by atoms with Crippen molar-refractivity contribution in [2.24, 2.45) is 0 Å². The maximum absolute atomic E-state index is 13.0. The molecule has 1 aliphatic rings. The van der Waals surface area contributed by atoms with Gasteiger partial charge in [0, 0.05) is 18.3 Å². The summed E-state index contributed by atoms with van der Waals surface area (Å²) in [6.07, 6.45) is 2.23. The Morgan fingerprint density at radius 1 is 1.32 bits per heavy atom. The lowest BCUT2D eigenvalue weighted by atomic mass is 10.2. The van der Waals surface area contributed by atoms with Crippen LogP contribution in [-0.2, 0) is 11.3 Å². The molecule has 1 heterocycles. The van der Waals surface area contributed by atoms with Crippen molar-refractivity contribution < 1.29 is 4.79 Å². The van der Waals surface area contributed by atoms with Crippen LogP contribution in [-0.4, -0.2) is 26.6 Å². The van der Waals surface area contributed by atoms with Crippen LogP contribution in [0, 0.1) is 13.8 Å². The molecule has 116 valence electrons. The first-order valence-corrected chi connectivity index (χ1v) is 7.93. The van der Waals surface area contributed by atoms with Gasteiger partial charge < -0.3 is 4.90 Å². The predicted octanol–water partition coefficient (Wildman–Crippen LogP) is 3.25. The number of hydrogen-bond donors (Lipinski definition) is 0. The highest BCUT2D eigenvalue weighted by molar-refractivity contribution is 5.80. The van der Waals surface area contributed by atoms with Gasteiger partial charge >= 0.3 is 0 Å². The molecule has 3 rings (SSSR count). The Morgan fingerprint density at radius 3 is 2.55 bits per heavy atom. The Hall–Kier alpha value is -2.10. The third kappa shape index (κ3) is 3.06. The van der Waals surface area contributed by atoms with Crippen molar-refractivity contribution in [3.05, 3.63) is 53.3 Å². The molecule has 0 bridgehead atoms. The van der Waals surface area contributed by atoms with Gasteiger partial charge in [-0.2, -0.15) is 5.10 Å². The second-order valence-electron chi connectivity index (χ2n) is 6.23. The normalized spacial score (nSPS) is 15.6. The van der Waals surface area contributed by atoms with Crippen molar-refractivity contribution in [2.45, 2.75) is 52.2 Å². The van der Waals surface area contributed by atoms with Crippen molar-refractivity contribution >= 4 is 5.91 Å². The minimum Gasteiger partial charge on any atom is -0.334 e. The summed E-state index contributed by atoms with van der Waals surface area (Å²) in [7, 11) is 0. The van der Waals surface area contributed by atoms with Crippen molar-refractivity contribution in [2.75, 3.05) is 0 Å². The standard InChI is InChI=1S/C18H23N3O/c1-13-11-14(2)21(19-13)15(3)18(22)20(17-9-10-17)12-16-7-5-4-6-8-16/h4-8,11,15,17H,9-10,12H2,1-3H3/t15-/m1/s1. The Kier molecular flexibility index (Phi) is 4.01. The lowest BCUT2D eigenvalue weighted by Gasteiger charge is -2.26. The largest absolute Gasteiger partial charge is 0.334 e. The zero-order valence-corrected chi connectivity index (χ0v) is 13.5. The Balaban J connectivity index is 1.79. The van der Waals surface area contributed by atoms with Crippen LogP contribution >= 0.6 is 0 Å². The third-order valence-corrected chi connectivity index (χ3v) is 4.24. The van der Waals surface area contributed by atoms with E-state index in [9.17, 15) is 4.79 Å². The molecule has 1 amide bonds. The maximum atomic E-state index is 13.0. The number of hydrogen-bond acceptors (Lipinski definition) is 2. The average molecular weight is 297 g/mol. The highest BCUT2D eigenvalue weighted by Gasteiger charge is 2.35. The van der Waals surface area contributed by atoms with Crippen molar-refractivity contribution in [1.82, 2.24) is 14.7 Å². The molecule has 0 saturated heterocycles. The van der Waals surface area contributed by atoms with Crippen LogP contribution in [0.5, 0.6) is 0 Å². The van der Waals surface area contributed by atoms with Crippen LogP contribution in [0.25, 0.3) is 0 Å². The molecule has 4 heteroatoms. The maximum Gasteiger partial charge on any atom is 0.247 e. The number of aryl methyl sites for hydroxylation is 2. The van der Waals surface area contributed by atoms with E-state index in [0.29, 0.717) is 12.6 Å². The van der Waals surface area contributed by atoms with E-state index in [1.807, 2.05) is 54.6 Å². The molecular weight excluding hydrogens is 274 g/mol. The fourth-order valence-corrected chi connectivity index (χ4v) is 2.94. The zero-order valence-electron chi connectivity index (χ0n) is 13.5.